The summed E-state index contributed by atoms with van der Waals surface area (Å²) >= 11 is 0. The summed E-state index contributed by atoms with van der Waals surface area (Å²) in [5.74, 6) is -0.460. The second-order valence-electron chi connectivity index (χ2n) is 6.17. The van der Waals surface area contributed by atoms with Crippen LogP contribution in [-0.4, -0.2) is 32.3 Å². The number of hydrogen-bond donors (Lipinski definition) is 1. The van der Waals surface area contributed by atoms with E-state index in [1.54, 1.807) is 34.6 Å². The average Bonchev–Trinajstić information content (AvgIpc) is 2.68. The lowest BCUT2D eigenvalue weighted by Crippen LogP contribution is -2.27. The number of carbonyl (C=O) groups is 1. The van der Waals surface area contributed by atoms with Gasteiger partial charge in [0.05, 0.1) is 42.7 Å². The summed E-state index contributed by atoms with van der Waals surface area (Å²) in [5, 5.41) is 3.12. The average molecular weight is 449 g/mol. The van der Waals surface area contributed by atoms with Crippen LogP contribution in [0.4, 0.5) is 5.69 Å². The lowest BCUT2D eigenvalue weighted by molar-refractivity contribution is -0.119. The fourth-order valence-corrected chi connectivity index (χ4v) is 5.96. The molecule has 1 aromatic carbocycles. The molecular formula is C19H33NO7P2. The fourth-order valence-electron chi connectivity index (χ4n) is 2.51. The highest BCUT2D eigenvalue weighted by atomic mass is 31.2. The third-order valence-corrected chi connectivity index (χ3v) is 8.37. The Kier molecular flexibility index (Phi) is 10.8. The van der Waals surface area contributed by atoms with E-state index in [4.69, 9.17) is 18.1 Å². The first-order valence-corrected chi connectivity index (χ1v) is 13.0. The maximum Gasteiger partial charge on any atom is 0.363 e. The van der Waals surface area contributed by atoms with Crippen LogP contribution in [0.1, 0.15) is 48.0 Å². The van der Waals surface area contributed by atoms with E-state index in [1.807, 2.05) is 6.92 Å². The number of hydrogen-bond acceptors (Lipinski definition) is 7. The highest BCUT2D eigenvalue weighted by molar-refractivity contribution is 7.64. The quantitative estimate of drug-likeness (QED) is 0.444. The first-order valence-electron chi connectivity index (χ1n) is 9.95. The SMILES string of the molecule is CCOP(=O)(OCC)c1ccc(NC(=O)C(C)CC)c(P(=O)(OCC)OCC)c1. The van der Waals surface area contributed by atoms with Crippen LogP contribution in [0, 0.1) is 5.92 Å². The lowest BCUT2D eigenvalue weighted by Gasteiger charge is -2.23. The van der Waals surface area contributed by atoms with Crippen molar-refractivity contribution in [1.29, 1.82) is 0 Å². The van der Waals surface area contributed by atoms with E-state index in [9.17, 15) is 13.9 Å². The highest BCUT2D eigenvalue weighted by Crippen LogP contribution is 2.51. The molecule has 1 rings (SSSR count). The molecule has 0 heterocycles. The minimum absolute atomic E-state index is 0.120. The van der Waals surface area contributed by atoms with Gasteiger partial charge in [0.1, 0.15) is 0 Å². The molecule has 0 fully saturated rings. The Hall–Kier alpha value is -1.01. The van der Waals surface area contributed by atoms with Crippen LogP contribution in [0.15, 0.2) is 18.2 Å². The Balaban J connectivity index is 3.60. The molecule has 0 aliphatic heterocycles. The molecule has 166 valence electrons. The molecule has 0 bridgehead atoms. The smallest absolute Gasteiger partial charge is 0.325 e. The van der Waals surface area contributed by atoms with E-state index in [1.165, 1.54) is 18.2 Å². The summed E-state index contributed by atoms with van der Waals surface area (Å²) in [5.41, 5.74) is 0.281. The lowest BCUT2D eigenvalue weighted by atomic mass is 10.1. The van der Waals surface area contributed by atoms with Crippen molar-refractivity contribution in [2.24, 2.45) is 5.92 Å². The molecule has 10 heteroatoms. The van der Waals surface area contributed by atoms with E-state index in [0.29, 0.717) is 6.42 Å². The normalized spacial score (nSPS) is 13.3. The van der Waals surface area contributed by atoms with Gasteiger partial charge in [-0.2, -0.15) is 0 Å². The number of carbonyl (C=O) groups excluding carboxylic acids is 1. The Bertz CT molecular complexity index is 749. The molecule has 1 N–H and O–H groups in total. The molecule has 0 saturated heterocycles. The molecule has 8 nitrogen and oxygen atoms in total. The molecule has 0 aromatic heterocycles. The van der Waals surface area contributed by atoms with Crippen molar-refractivity contribution >= 4 is 37.4 Å². The van der Waals surface area contributed by atoms with Crippen LogP contribution in [-0.2, 0) is 32.0 Å². The Morgan fingerprint density at radius 1 is 0.897 bits per heavy atom. The maximum atomic E-state index is 13.5. The molecule has 1 aromatic rings. The number of amides is 1. The van der Waals surface area contributed by atoms with E-state index in [0.717, 1.165) is 0 Å². The third kappa shape index (κ3) is 6.74. The van der Waals surface area contributed by atoms with Crippen molar-refractivity contribution in [3.63, 3.8) is 0 Å². The van der Waals surface area contributed by atoms with Crippen LogP contribution < -0.4 is 15.9 Å². The van der Waals surface area contributed by atoms with Gasteiger partial charge in [-0.15, -0.1) is 0 Å². The number of benzene rings is 1. The zero-order chi connectivity index (χ0) is 22.1. The zero-order valence-electron chi connectivity index (χ0n) is 18.1. The summed E-state index contributed by atoms with van der Waals surface area (Å²) in [6, 6.07) is 4.48. The minimum atomic E-state index is -3.79. The van der Waals surface area contributed by atoms with Gasteiger partial charge < -0.3 is 23.4 Å². The molecule has 1 atom stereocenters. The standard InChI is InChI=1S/C19H33NO7P2/c1-7-15(6)19(21)20-17-13-12-16(28(22,24-8-2)25-9-3)14-18(17)29(23,26-10-4)27-11-5/h12-15H,7-11H2,1-6H3,(H,20,21). The zero-order valence-corrected chi connectivity index (χ0v) is 19.9. The predicted octanol–water partition coefficient (Wildman–Crippen LogP) is 4.45. The van der Waals surface area contributed by atoms with Gasteiger partial charge in [-0.3, -0.25) is 13.9 Å². The van der Waals surface area contributed by atoms with Crippen LogP contribution in [0.2, 0.25) is 0 Å². The molecule has 1 amide bonds. The second kappa shape index (κ2) is 12.0. The largest absolute Gasteiger partial charge is 0.363 e. The molecule has 29 heavy (non-hydrogen) atoms. The number of anilines is 1. The van der Waals surface area contributed by atoms with E-state index in [-0.39, 0.29) is 54.5 Å². The molecule has 0 aliphatic carbocycles. The minimum Gasteiger partial charge on any atom is -0.325 e. The van der Waals surface area contributed by atoms with E-state index >= 15 is 0 Å². The van der Waals surface area contributed by atoms with Gasteiger partial charge in [0.25, 0.3) is 0 Å². The molecular weight excluding hydrogens is 416 g/mol. The van der Waals surface area contributed by atoms with Crippen LogP contribution in [0.5, 0.6) is 0 Å². The predicted molar refractivity (Wildman–Crippen MR) is 116 cm³/mol. The molecule has 0 spiro atoms. The van der Waals surface area contributed by atoms with Gasteiger partial charge >= 0.3 is 15.2 Å². The van der Waals surface area contributed by atoms with E-state index < -0.39 is 15.2 Å². The van der Waals surface area contributed by atoms with Crippen LogP contribution >= 0.6 is 15.2 Å². The topological polar surface area (TPSA) is 100 Å². The highest BCUT2D eigenvalue weighted by Gasteiger charge is 2.35. The maximum absolute atomic E-state index is 13.5. The van der Waals surface area contributed by atoms with Crippen molar-refractivity contribution in [3.05, 3.63) is 18.2 Å². The number of nitrogens with one attached hydrogen (secondary N) is 1. The van der Waals surface area contributed by atoms with Gasteiger partial charge in [0, 0.05) is 5.92 Å². The summed E-state index contributed by atoms with van der Waals surface area (Å²) in [7, 11) is -7.42. The number of rotatable bonds is 13. The van der Waals surface area contributed by atoms with Crippen molar-refractivity contribution in [2.45, 2.75) is 48.0 Å². The van der Waals surface area contributed by atoms with Gasteiger partial charge in [0.15, 0.2) is 0 Å². The Labute approximate surface area is 173 Å². The summed E-state index contributed by atoms with van der Waals surface area (Å²) < 4.78 is 48.4. The van der Waals surface area contributed by atoms with Gasteiger partial charge in [0.2, 0.25) is 5.91 Å². The first kappa shape index (κ1) is 26.0. The molecule has 0 aliphatic rings. The van der Waals surface area contributed by atoms with Crippen LogP contribution in [0.3, 0.4) is 0 Å². The summed E-state index contributed by atoms with van der Waals surface area (Å²) in [4.78, 5) is 12.4. The Morgan fingerprint density at radius 2 is 1.38 bits per heavy atom. The van der Waals surface area contributed by atoms with Crippen molar-refractivity contribution < 1.29 is 32.0 Å². The van der Waals surface area contributed by atoms with Crippen molar-refractivity contribution in [2.75, 3.05) is 31.7 Å². The molecule has 1 unspecified atom stereocenters. The Morgan fingerprint density at radius 3 is 1.83 bits per heavy atom. The van der Waals surface area contributed by atoms with Gasteiger partial charge in [-0.1, -0.05) is 13.8 Å². The van der Waals surface area contributed by atoms with Gasteiger partial charge in [-0.25, -0.2) is 0 Å². The van der Waals surface area contributed by atoms with Crippen molar-refractivity contribution in [3.8, 4) is 0 Å². The van der Waals surface area contributed by atoms with Crippen molar-refractivity contribution in [1.82, 2.24) is 0 Å². The first-order chi connectivity index (χ1) is 13.7. The molecule has 0 radical (unpaired) electrons. The second-order valence-corrected chi connectivity index (χ2v) is 10.2. The summed E-state index contributed by atoms with van der Waals surface area (Å²) in [6.07, 6.45) is 0.651. The van der Waals surface area contributed by atoms with Crippen LogP contribution in [0.25, 0.3) is 0 Å². The third-order valence-electron chi connectivity index (χ3n) is 4.11. The monoisotopic (exact) mass is 449 g/mol. The van der Waals surface area contributed by atoms with E-state index in [2.05, 4.69) is 5.32 Å². The fraction of sp³-hybridized carbons (Fsp3) is 0.632. The summed E-state index contributed by atoms with van der Waals surface area (Å²) in [6.45, 7) is 11.1. The van der Waals surface area contributed by atoms with Gasteiger partial charge in [-0.05, 0) is 52.3 Å². The molecule has 0 saturated carbocycles.